The molecular weight excluding hydrogens is 178 g/mol. The SMILES string of the molecule is Nc1c(F)cc(Cl)nc1Cl. The summed E-state index contributed by atoms with van der Waals surface area (Å²) in [4.78, 5) is 3.50. The molecule has 0 bridgehead atoms. The minimum Gasteiger partial charge on any atom is -0.394 e. The Bertz CT molecular complexity index is 241. The van der Waals surface area contributed by atoms with Crippen molar-refractivity contribution in [2.75, 3.05) is 5.73 Å². The highest BCUT2D eigenvalue weighted by Crippen LogP contribution is 2.21. The molecule has 10 heavy (non-hydrogen) atoms. The van der Waals surface area contributed by atoms with E-state index in [9.17, 15) is 4.39 Å². The van der Waals surface area contributed by atoms with E-state index in [0.717, 1.165) is 6.07 Å². The number of hydrogen-bond acceptors (Lipinski definition) is 2. The molecule has 0 spiro atoms. The van der Waals surface area contributed by atoms with E-state index in [2.05, 4.69) is 4.98 Å². The Morgan fingerprint density at radius 1 is 1.50 bits per heavy atom. The van der Waals surface area contributed by atoms with Gasteiger partial charge in [0.25, 0.3) is 0 Å². The van der Waals surface area contributed by atoms with Crippen LogP contribution in [-0.2, 0) is 0 Å². The van der Waals surface area contributed by atoms with Crippen LogP contribution < -0.4 is 5.73 Å². The van der Waals surface area contributed by atoms with Crippen LogP contribution in [0.3, 0.4) is 0 Å². The summed E-state index contributed by atoms with van der Waals surface area (Å²) in [5.74, 6) is -0.648. The van der Waals surface area contributed by atoms with Gasteiger partial charge in [0, 0.05) is 6.07 Å². The number of rotatable bonds is 0. The lowest BCUT2D eigenvalue weighted by Crippen LogP contribution is -1.93. The third-order valence-electron chi connectivity index (χ3n) is 0.930. The zero-order chi connectivity index (χ0) is 7.72. The zero-order valence-corrected chi connectivity index (χ0v) is 6.25. The number of nitrogens with two attached hydrogens (primary N) is 1. The van der Waals surface area contributed by atoms with Crippen molar-refractivity contribution in [2.45, 2.75) is 0 Å². The summed E-state index contributed by atoms with van der Waals surface area (Å²) in [6.07, 6.45) is 0. The van der Waals surface area contributed by atoms with E-state index >= 15 is 0 Å². The summed E-state index contributed by atoms with van der Waals surface area (Å²) in [5, 5.41) is -0.110. The van der Waals surface area contributed by atoms with E-state index in [0.29, 0.717) is 0 Å². The minimum atomic E-state index is -0.648. The lowest BCUT2D eigenvalue weighted by molar-refractivity contribution is 0.630. The van der Waals surface area contributed by atoms with Gasteiger partial charge in [-0.3, -0.25) is 0 Å². The molecule has 0 amide bonds. The van der Waals surface area contributed by atoms with Gasteiger partial charge in [-0.2, -0.15) is 0 Å². The van der Waals surface area contributed by atoms with Crippen molar-refractivity contribution >= 4 is 28.9 Å². The maximum Gasteiger partial charge on any atom is 0.156 e. The van der Waals surface area contributed by atoms with Crippen molar-refractivity contribution < 1.29 is 4.39 Å². The third-order valence-corrected chi connectivity index (χ3v) is 1.41. The molecule has 0 saturated carbocycles. The first-order chi connectivity index (χ1) is 4.61. The number of hydrogen-bond donors (Lipinski definition) is 1. The predicted octanol–water partition coefficient (Wildman–Crippen LogP) is 2.11. The van der Waals surface area contributed by atoms with Gasteiger partial charge in [0.1, 0.15) is 10.8 Å². The van der Waals surface area contributed by atoms with Gasteiger partial charge in [-0.15, -0.1) is 0 Å². The van der Waals surface area contributed by atoms with Gasteiger partial charge in [0.15, 0.2) is 11.0 Å². The van der Waals surface area contributed by atoms with Crippen LogP contribution in [0.1, 0.15) is 0 Å². The largest absolute Gasteiger partial charge is 0.394 e. The standard InChI is InChI=1S/C5H3Cl2FN2/c6-3-1-2(8)4(9)5(7)10-3/h1H,9H2. The van der Waals surface area contributed by atoms with E-state index in [1.54, 1.807) is 0 Å². The molecule has 1 aromatic rings. The molecule has 0 atom stereocenters. The number of anilines is 1. The molecular formula is C5H3Cl2FN2. The Labute approximate surface area is 66.8 Å². The second-order valence-electron chi connectivity index (χ2n) is 1.63. The summed E-state index contributed by atoms with van der Waals surface area (Å²) in [7, 11) is 0. The molecule has 0 saturated heterocycles. The predicted molar refractivity (Wildman–Crippen MR) is 38.6 cm³/mol. The lowest BCUT2D eigenvalue weighted by atomic mass is 10.4. The molecule has 0 fully saturated rings. The number of nitrogen functional groups attached to an aromatic ring is 1. The summed E-state index contributed by atoms with van der Waals surface area (Å²) in [5.41, 5.74) is 4.95. The molecule has 54 valence electrons. The Morgan fingerprint density at radius 3 is 2.60 bits per heavy atom. The molecule has 5 heteroatoms. The second kappa shape index (κ2) is 2.60. The fraction of sp³-hybridized carbons (Fsp3) is 0. The highest BCUT2D eigenvalue weighted by atomic mass is 35.5. The van der Waals surface area contributed by atoms with Crippen molar-refractivity contribution in [1.82, 2.24) is 4.98 Å². The van der Waals surface area contributed by atoms with Gasteiger partial charge in [-0.05, 0) is 0 Å². The lowest BCUT2D eigenvalue weighted by Gasteiger charge is -1.97. The summed E-state index contributed by atoms with van der Waals surface area (Å²) < 4.78 is 12.5. The van der Waals surface area contributed by atoms with E-state index in [1.807, 2.05) is 0 Å². The van der Waals surface area contributed by atoms with Crippen LogP contribution in [0.5, 0.6) is 0 Å². The molecule has 0 aliphatic carbocycles. The van der Waals surface area contributed by atoms with Gasteiger partial charge in [-0.25, -0.2) is 9.37 Å². The van der Waals surface area contributed by atoms with Crippen LogP contribution in [0.2, 0.25) is 10.3 Å². The van der Waals surface area contributed by atoms with E-state index in [4.69, 9.17) is 28.9 Å². The van der Waals surface area contributed by atoms with E-state index < -0.39 is 5.82 Å². The molecule has 0 aliphatic rings. The number of aromatic nitrogens is 1. The van der Waals surface area contributed by atoms with Crippen molar-refractivity contribution in [2.24, 2.45) is 0 Å². The Kier molecular flexibility index (Phi) is 1.97. The third kappa shape index (κ3) is 1.30. The maximum absolute atomic E-state index is 12.5. The molecule has 0 radical (unpaired) electrons. The summed E-state index contributed by atoms with van der Waals surface area (Å²) >= 11 is 10.7. The smallest absolute Gasteiger partial charge is 0.156 e. The van der Waals surface area contributed by atoms with Crippen LogP contribution in [0.15, 0.2) is 6.07 Å². The van der Waals surface area contributed by atoms with E-state index in [1.165, 1.54) is 0 Å². The van der Waals surface area contributed by atoms with Gasteiger partial charge in [-0.1, -0.05) is 23.2 Å². The van der Waals surface area contributed by atoms with Gasteiger partial charge < -0.3 is 5.73 Å². The molecule has 0 aliphatic heterocycles. The fourth-order valence-electron chi connectivity index (χ4n) is 0.467. The normalized spacial score (nSPS) is 9.90. The molecule has 1 aromatic heterocycles. The van der Waals surface area contributed by atoms with Crippen molar-refractivity contribution in [1.29, 1.82) is 0 Å². The van der Waals surface area contributed by atoms with Gasteiger partial charge >= 0.3 is 0 Å². The van der Waals surface area contributed by atoms with Crippen molar-refractivity contribution in [3.63, 3.8) is 0 Å². The average molecular weight is 181 g/mol. The summed E-state index contributed by atoms with van der Waals surface area (Å²) in [6, 6.07) is 1.00. The van der Waals surface area contributed by atoms with E-state index in [-0.39, 0.29) is 16.0 Å². The number of pyridine rings is 1. The van der Waals surface area contributed by atoms with Crippen LogP contribution in [0.25, 0.3) is 0 Å². The highest BCUT2D eigenvalue weighted by molar-refractivity contribution is 6.34. The molecule has 1 rings (SSSR count). The Hall–Kier alpha value is -0.540. The van der Waals surface area contributed by atoms with Crippen LogP contribution in [0.4, 0.5) is 10.1 Å². The first-order valence-corrected chi connectivity index (χ1v) is 3.14. The Balaban J connectivity index is 3.31. The maximum atomic E-state index is 12.5. The van der Waals surface area contributed by atoms with Crippen LogP contribution in [0, 0.1) is 5.82 Å². The van der Waals surface area contributed by atoms with Crippen molar-refractivity contribution in [3.05, 3.63) is 22.2 Å². The van der Waals surface area contributed by atoms with Gasteiger partial charge in [0.05, 0.1) is 0 Å². The molecule has 2 N–H and O–H groups in total. The molecule has 2 nitrogen and oxygen atoms in total. The topological polar surface area (TPSA) is 38.9 Å². The first kappa shape index (κ1) is 7.57. The van der Waals surface area contributed by atoms with Gasteiger partial charge in [0.2, 0.25) is 0 Å². The first-order valence-electron chi connectivity index (χ1n) is 2.38. The zero-order valence-electron chi connectivity index (χ0n) is 4.74. The van der Waals surface area contributed by atoms with Crippen molar-refractivity contribution in [3.8, 4) is 0 Å². The number of nitrogens with zero attached hydrogens (tertiary/aromatic N) is 1. The molecule has 0 unspecified atom stereocenters. The number of halogens is 3. The quantitative estimate of drug-likeness (QED) is 0.622. The molecule has 1 heterocycles. The monoisotopic (exact) mass is 180 g/mol. The van der Waals surface area contributed by atoms with Crippen LogP contribution in [-0.4, -0.2) is 4.98 Å². The molecule has 0 aromatic carbocycles. The fourth-order valence-corrected chi connectivity index (χ4v) is 0.872. The Morgan fingerprint density at radius 2 is 2.10 bits per heavy atom. The highest BCUT2D eigenvalue weighted by Gasteiger charge is 2.05. The second-order valence-corrected chi connectivity index (χ2v) is 2.38. The summed E-state index contributed by atoms with van der Waals surface area (Å²) in [6.45, 7) is 0. The minimum absolute atomic E-state index is 0.00306. The average Bonchev–Trinajstić information content (AvgIpc) is 1.82. The van der Waals surface area contributed by atoms with Crippen LogP contribution >= 0.6 is 23.2 Å².